The summed E-state index contributed by atoms with van der Waals surface area (Å²) in [5.74, 6) is -1.51. The zero-order valence-corrected chi connectivity index (χ0v) is 21.9. The van der Waals surface area contributed by atoms with Crippen molar-refractivity contribution in [3.05, 3.63) is 41.5 Å². The molecule has 4 aliphatic rings. The van der Waals surface area contributed by atoms with Crippen LogP contribution in [0.3, 0.4) is 0 Å². The van der Waals surface area contributed by atoms with E-state index in [1.807, 2.05) is 44.2 Å². The van der Waals surface area contributed by atoms with Gasteiger partial charge in [0.1, 0.15) is 11.6 Å². The minimum absolute atomic E-state index is 0.134. The predicted molar refractivity (Wildman–Crippen MR) is 138 cm³/mol. The molecule has 1 saturated carbocycles. The average Bonchev–Trinajstić information content (AvgIpc) is 3.48. The van der Waals surface area contributed by atoms with Crippen molar-refractivity contribution in [2.45, 2.75) is 90.0 Å². The van der Waals surface area contributed by atoms with Crippen LogP contribution in [0.2, 0.25) is 0 Å². The monoisotopic (exact) mass is 493 g/mol. The van der Waals surface area contributed by atoms with E-state index in [1.54, 1.807) is 4.90 Å². The van der Waals surface area contributed by atoms with Crippen molar-refractivity contribution in [2.75, 3.05) is 11.9 Å². The molecule has 1 aliphatic carbocycles. The number of likely N-dealkylation sites (tertiary alicyclic amines) is 1. The lowest BCUT2D eigenvalue weighted by Crippen LogP contribution is -2.56. The summed E-state index contributed by atoms with van der Waals surface area (Å²) in [7, 11) is 0. The van der Waals surface area contributed by atoms with E-state index in [9.17, 15) is 14.4 Å². The SMILES string of the molecule is Cc1ccc(NC(=O)[C@@H]2[C@H]3C=C[C@]4(O3)[C@H](C(=O)NC3CCCCC3)N(CCC(C)C)C(=O)[C@@H]24)cc1C. The zero-order valence-electron chi connectivity index (χ0n) is 21.9. The van der Waals surface area contributed by atoms with E-state index in [1.165, 1.54) is 6.42 Å². The number of ether oxygens (including phenoxy) is 1. The zero-order chi connectivity index (χ0) is 25.6. The molecule has 2 saturated heterocycles. The van der Waals surface area contributed by atoms with E-state index in [-0.39, 0.29) is 23.8 Å². The Morgan fingerprint density at radius 2 is 1.86 bits per heavy atom. The number of hydrogen-bond acceptors (Lipinski definition) is 4. The molecule has 1 spiro atoms. The Labute approximate surface area is 214 Å². The van der Waals surface area contributed by atoms with Crippen LogP contribution in [0.15, 0.2) is 30.4 Å². The molecule has 3 heterocycles. The summed E-state index contributed by atoms with van der Waals surface area (Å²) in [5.41, 5.74) is 1.85. The number of hydrogen-bond donors (Lipinski definition) is 2. The quantitative estimate of drug-likeness (QED) is 0.564. The number of benzene rings is 1. The molecule has 36 heavy (non-hydrogen) atoms. The first kappa shape index (κ1) is 25.0. The summed E-state index contributed by atoms with van der Waals surface area (Å²) in [6.07, 6.45) is 9.39. The Kier molecular flexibility index (Phi) is 6.70. The normalized spacial score (nSPS) is 31.2. The lowest BCUT2D eigenvalue weighted by Gasteiger charge is -2.34. The van der Waals surface area contributed by atoms with E-state index < -0.39 is 29.6 Å². The number of aryl methyl sites for hydroxylation is 2. The van der Waals surface area contributed by atoms with Gasteiger partial charge in [-0.25, -0.2) is 0 Å². The standard InChI is InChI=1S/C29H39N3O4/c1-17(2)13-15-32-25(27(34)30-20-8-6-5-7-9-20)29-14-12-22(36-29)23(24(29)28(32)35)26(33)31-21-11-10-18(3)19(4)16-21/h10-12,14,16-17,20,22-25H,5-9,13,15H2,1-4H3,(H,30,34)(H,31,33)/t22-,23-,24-,25+,29-/m1/s1. The average molecular weight is 494 g/mol. The molecule has 0 aromatic heterocycles. The highest BCUT2D eigenvalue weighted by atomic mass is 16.5. The van der Waals surface area contributed by atoms with Crippen molar-refractivity contribution < 1.29 is 19.1 Å². The lowest BCUT2D eigenvalue weighted by molar-refractivity contribution is -0.141. The highest BCUT2D eigenvalue weighted by molar-refractivity contribution is 6.02. The van der Waals surface area contributed by atoms with Gasteiger partial charge in [-0.2, -0.15) is 0 Å². The first-order valence-electron chi connectivity index (χ1n) is 13.6. The molecule has 2 N–H and O–H groups in total. The van der Waals surface area contributed by atoms with Crippen LogP contribution in [0.5, 0.6) is 0 Å². The van der Waals surface area contributed by atoms with Crippen LogP contribution < -0.4 is 10.6 Å². The third kappa shape index (κ3) is 4.25. The van der Waals surface area contributed by atoms with Crippen LogP contribution in [0, 0.1) is 31.6 Å². The maximum atomic E-state index is 13.9. The van der Waals surface area contributed by atoms with Crippen molar-refractivity contribution in [3.8, 4) is 0 Å². The van der Waals surface area contributed by atoms with Gasteiger partial charge in [-0.15, -0.1) is 0 Å². The summed E-state index contributed by atoms with van der Waals surface area (Å²) >= 11 is 0. The largest absolute Gasteiger partial charge is 0.359 e. The van der Waals surface area contributed by atoms with Crippen molar-refractivity contribution >= 4 is 23.4 Å². The van der Waals surface area contributed by atoms with E-state index in [0.29, 0.717) is 18.2 Å². The minimum Gasteiger partial charge on any atom is -0.359 e. The molecular formula is C29H39N3O4. The van der Waals surface area contributed by atoms with Gasteiger partial charge in [0, 0.05) is 18.3 Å². The number of carbonyl (C=O) groups is 3. The van der Waals surface area contributed by atoms with Gasteiger partial charge >= 0.3 is 0 Å². The Bertz CT molecular complexity index is 1080. The molecule has 7 heteroatoms. The van der Waals surface area contributed by atoms with Gasteiger partial charge in [0.2, 0.25) is 17.7 Å². The first-order chi connectivity index (χ1) is 17.2. The van der Waals surface area contributed by atoms with Gasteiger partial charge in [0.15, 0.2) is 0 Å². The van der Waals surface area contributed by atoms with Crippen LogP contribution in [-0.4, -0.2) is 53.0 Å². The fraction of sp³-hybridized carbons (Fsp3) is 0.621. The van der Waals surface area contributed by atoms with Crippen LogP contribution in [0.4, 0.5) is 5.69 Å². The summed E-state index contributed by atoms with van der Waals surface area (Å²) < 4.78 is 6.43. The molecule has 194 valence electrons. The maximum absolute atomic E-state index is 13.9. The Morgan fingerprint density at radius 3 is 2.56 bits per heavy atom. The van der Waals surface area contributed by atoms with Gasteiger partial charge in [-0.3, -0.25) is 14.4 Å². The van der Waals surface area contributed by atoms with Crippen molar-refractivity contribution in [1.82, 2.24) is 10.2 Å². The lowest BCUT2D eigenvalue weighted by atomic mass is 9.74. The number of fused-ring (bicyclic) bond motifs is 1. The van der Waals surface area contributed by atoms with Crippen molar-refractivity contribution in [2.24, 2.45) is 17.8 Å². The van der Waals surface area contributed by atoms with E-state index >= 15 is 0 Å². The number of nitrogens with zero attached hydrogens (tertiary/aromatic N) is 1. The molecule has 0 unspecified atom stereocenters. The molecule has 0 radical (unpaired) electrons. The van der Waals surface area contributed by atoms with Crippen molar-refractivity contribution in [1.29, 1.82) is 0 Å². The third-order valence-electron chi connectivity index (χ3n) is 8.60. The van der Waals surface area contributed by atoms with Crippen LogP contribution in [0.25, 0.3) is 0 Å². The minimum atomic E-state index is -1.09. The summed E-state index contributed by atoms with van der Waals surface area (Å²) in [4.78, 5) is 42.9. The second-order valence-corrected chi connectivity index (χ2v) is 11.5. The van der Waals surface area contributed by atoms with E-state index in [4.69, 9.17) is 4.74 Å². The summed E-state index contributed by atoms with van der Waals surface area (Å²) in [6, 6.07) is 5.18. The van der Waals surface area contributed by atoms with Gasteiger partial charge in [0.05, 0.1) is 17.9 Å². The summed E-state index contributed by atoms with van der Waals surface area (Å²) in [6.45, 7) is 8.73. The van der Waals surface area contributed by atoms with Gasteiger partial charge in [0.25, 0.3) is 0 Å². The van der Waals surface area contributed by atoms with Gasteiger partial charge < -0.3 is 20.3 Å². The Hall–Kier alpha value is -2.67. The second-order valence-electron chi connectivity index (χ2n) is 11.5. The third-order valence-corrected chi connectivity index (χ3v) is 8.60. The fourth-order valence-electron chi connectivity index (χ4n) is 6.48. The molecule has 1 aromatic rings. The molecule has 3 fully saturated rings. The van der Waals surface area contributed by atoms with Gasteiger partial charge in [-0.05, 0) is 62.3 Å². The number of nitrogens with one attached hydrogen (secondary N) is 2. The Morgan fingerprint density at radius 1 is 1.11 bits per heavy atom. The molecular weight excluding hydrogens is 454 g/mol. The van der Waals surface area contributed by atoms with Crippen molar-refractivity contribution in [3.63, 3.8) is 0 Å². The smallest absolute Gasteiger partial charge is 0.246 e. The molecule has 2 bridgehead atoms. The maximum Gasteiger partial charge on any atom is 0.246 e. The highest BCUT2D eigenvalue weighted by Gasteiger charge is 2.72. The fourth-order valence-corrected chi connectivity index (χ4v) is 6.48. The number of anilines is 1. The van der Waals surface area contributed by atoms with Gasteiger partial charge in [-0.1, -0.05) is 51.3 Å². The van der Waals surface area contributed by atoms with Crippen LogP contribution in [-0.2, 0) is 19.1 Å². The first-order valence-corrected chi connectivity index (χ1v) is 13.6. The second kappa shape index (κ2) is 9.66. The highest BCUT2D eigenvalue weighted by Crippen LogP contribution is 2.55. The number of carbonyl (C=O) groups excluding carboxylic acids is 3. The number of amides is 3. The van der Waals surface area contributed by atoms with E-state index in [0.717, 1.165) is 43.2 Å². The molecule has 1 aromatic carbocycles. The van der Waals surface area contributed by atoms with E-state index in [2.05, 4.69) is 24.5 Å². The molecule has 7 nitrogen and oxygen atoms in total. The number of rotatable bonds is 7. The molecule has 5 atom stereocenters. The van der Waals surface area contributed by atoms with Crippen LogP contribution in [0.1, 0.15) is 63.5 Å². The van der Waals surface area contributed by atoms with Crippen LogP contribution >= 0.6 is 0 Å². The Balaban J connectivity index is 1.42. The molecule has 5 rings (SSSR count). The predicted octanol–water partition coefficient (Wildman–Crippen LogP) is 3.89. The molecule has 3 aliphatic heterocycles. The molecule has 3 amide bonds. The summed E-state index contributed by atoms with van der Waals surface area (Å²) in [5, 5.41) is 6.25. The topological polar surface area (TPSA) is 87.7 Å².